The zero-order valence-corrected chi connectivity index (χ0v) is 10.3. The molecule has 106 valence electrons. The topological polar surface area (TPSA) is 106 Å². The van der Waals surface area contributed by atoms with E-state index in [1.54, 1.807) is 0 Å². The molecule has 0 saturated carbocycles. The minimum atomic E-state index is -3.23. The van der Waals surface area contributed by atoms with E-state index in [1.165, 1.54) is 13.0 Å². The smallest absolute Gasteiger partial charge is 0.312 e. The maximum atomic E-state index is 12.9. The van der Waals surface area contributed by atoms with Crippen LogP contribution in [0.3, 0.4) is 0 Å². The van der Waals surface area contributed by atoms with Crippen molar-refractivity contribution in [3.05, 3.63) is 33.1 Å². The number of esters is 1. The second-order valence-electron chi connectivity index (χ2n) is 3.53. The van der Waals surface area contributed by atoms with Gasteiger partial charge in [0.2, 0.25) is 0 Å². The molecule has 0 radical (unpaired) electrons. The number of carbonyl (C=O) groups excluding carboxylic acids is 1. The summed E-state index contributed by atoms with van der Waals surface area (Å²) in [7, 11) is 0. The fraction of sp³-hybridized carbons (Fsp3) is 0.364. The molecule has 0 amide bonds. The number of carbonyl (C=O) groups is 1. The van der Waals surface area contributed by atoms with Crippen LogP contribution in [0, 0.1) is 21.4 Å². The van der Waals surface area contributed by atoms with Crippen molar-refractivity contribution in [2.75, 3.05) is 6.61 Å². The average molecular weight is 285 g/mol. The highest BCUT2D eigenvalue weighted by Gasteiger charge is 2.31. The van der Waals surface area contributed by atoms with Crippen LogP contribution in [0.15, 0.2) is 6.20 Å². The molecule has 0 aliphatic carbocycles. The highest BCUT2D eigenvalue weighted by atomic mass is 19.3. The Labute approximate surface area is 111 Å². The summed E-state index contributed by atoms with van der Waals surface area (Å²) in [5.74, 6) is -0.826. The van der Waals surface area contributed by atoms with Gasteiger partial charge in [-0.3, -0.25) is 19.9 Å². The van der Waals surface area contributed by atoms with Gasteiger partial charge in [0.15, 0.2) is 0 Å². The van der Waals surface area contributed by atoms with Crippen LogP contribution in [0.25, 0.3) is 0 Å². The van der Waals surface area contributed by atoms with E-state index in [0.29, 0.717) is 0 Å². The molecule has 0 aliphatic heterocycles. The van der Waals surface area contributed by atoms with Crippen molar-refractivity contribution in [3.63, 3.8) is 0 Å². The third-order valence-corrected chi connectivity index (χ3v) is 2.31. The average Bonchev–Trinajstić information content (AvgIpc) is 2.37. The molecular formula is C11H9F2N3O4. The number of aromatic nitrogens is 1. The number of alkyl halides is 2. The SMILES string of the molecule is CCOC(=O)Cc1ncc(C#N)c(C(F)F)c1[N+](=O)[O-]. The summed E-state index contributed by atoms with van der Waals surface area (Å²) in [6.45, 7) is 1.58. The van der Waals surface area contributed by atoms with Crippen LogP contribution in [-0.2, 0) is 16.0 Å². The van der Waals surface area contributed by atoms with E-state index >= 15 is 0 Å². The van der Waals surface area contributed by atoms with Gasteiger partial charge in [-0.15, -0.1) is 0 Å². The first kappa shape index (κ1) is 15.4. The predicted octanol–water partition coefficient (Wildman–Crippen LogP) is 1.90. The minimum Gasteiger partial charge on any atom is -0.466 e. The molecule has 0 fully saturated rings. The van der Waals surface area contributed by atoms with Gasteiger partial charge in [0.1, 0.15) is 17.3 Å². The molecular weight excluding hydrogens is 276 g/mol. The van der Waals surface area contributed by atoms with E-state index in [-0.39, 0.29) is 6.61 Å². The number of nitro groups is 1. The Morgan fingerprint density at radius 2 is 2.30 bits per heavy atom. The van der Waals surface area contributed by atoms with Gasteiger partial charge in [0, 0.05) is 6.20 Å². The van der Waals surface area contributed by atoms with Crippen molar-refractivity contribution in [3.8, 4) is 6.07 Å². The molecule has 0 N–H and O–H groups in total. The Hall–Kier alpha value is -2.63. The van der Waals surface area contributed by atoms with Crippen LogP contribution in [0.1, 0.15) is 30.2 Å². The van der Waals surface area contributed by atoms with Gasteiger partial charge in [-0.1, -0.05) is 0 Å². The van der Waals surface area contributed by atoms with Crippen molar-refractivity contribution in [1.82, 2.24) is 4.98 Å². The van der Waals surface area contributed by atoms with Crippen LogP contribution in [-0.4, -0.2) is 22.5 Å². The van der Waals surface area contributed by atoms with Gasteiger partial charge < -0.3 is 4.74 Å². The number of hydrogen-bond donors (Lipinski definition) is 0. The zero-order chi connectivity index (χ0) is 15.3. The summed E-state index contributed by atoms with van der Waals surface area (Å²) in [5, 5.41) is 19.6. The Morgan fingerprint density at radius 1 is 1.65 bits per heavy atom. The van der Waals surface area contributed by atoms with E-state index in [4.69, 9.17) is 5.26 Å². The van der Waals surface area contributed by atoms with Gasteiger partial charge in [0.05, 0.1) is 23.5 Å². The van der Waals surface area contributed by atoms with Crippen LogP contribution in [0.5, 0.6) is 0 Å². The van der Waals surface area contributed by atoms with Crippen molar-refractivity contribution < 1.29 is 23.2 Å². The lowest BCUT2D eigenvalue weighted by Crippen LogP contribution is -2.13. The third-order valence-electron chi connectivity index (χ3n) is 2.31. The molecule has 1 aromatic rings. The lowest BCUT2D eigenvalue weighted by Gasteiger charge is -2.08. The number of halogens is 2. The molecule has 0 bridgehead atoms. The highest BCUT2D eigenvalue weighted by molar-refractivity contribution is 5.74. The molecule has 1 aromatic heterocycles. The Morgan fingerprint density at radius 3 is 2.75 bits per heavy atom. The largest absolute Gasteiger partial charge is 0.466 e. The quantitative estimate of drug-likeness (QED) is 0.464. The third kappa shape index (κ3) is 3.23. The summed E-state index contributed by atoms with van der Waals surface area (Å²) in [6, 6.07) is 1.41. The molecule has 0 spiro atoms. The van der Waals surface area contributed by atoms with Gasteiger partial charge >= 0.3 is 11.7 Å². The fourth-order valence-corrected chi connectivity index (χ4v) is 1.55. The number of rotatable bonds is 5. The second-order valence-corrected chi connectivity index (χ2v) is 3.53. The van der Waals surface area contributed by atoms with E-state index in [2.05, 4.69) is 9.72 Å². The molecule has 0 saturated heterocycles. The van der Waals surface area contributed by atoms with Crippen molar-refractivity contribution in [1.29, 1.82) is 5.26 Å². The van der Waals surface area contributed by atoms with Gasteiger partial charge in [0.25, 0.3) is 6.43 Å². The Balaban J connectivity index is 3.39. The van der Waals surface area contributed by atoms with Crippen molar-refractivity contribution >= 4 is 11.7 Å². The van der Waals surface area contributed by atoms with Gasteiger partial charge in [-0.2, -0.15) is 5.26 Å². The second kappa shape index (κ2) is 6.51. The molecule has 0 atom stereocenters. The molecule has 7 nitrogen and oxygen atoms in total. The first-order valence-corrected chi connectivity index (χ1v) is 5.42. The Kier molecular flexibility index (Phi) is 5.02. The molecule has 0 unspecified atom stereocenters. The fourth-order valence-electron chi connectivity index (χ4n) is 1.55. The summed E-state index contributed by atoms with van der Waals surface area (Å²) in [4.78, 5) is 24.7. The number of pyridine rings is 1. The number of hydrogen-bond acceptors (Lipinski definition) is 6. The first-order valence-electron chi connectivity index (χ1n) is 5.42. The summed E-state index contributed by atoms with van der Waals surface area (Å²) < 4.78 is 30.4. The molecule has 1 rings (SSSR count). The molecule has 0 aliphatic rings. The van der Waals surface area contributed by atoms with Crippen LogP contribution >= 0.6 is 0 Å². The van der Waals surface area contributed by atoms with Gasteiger partial charge in [-0.25, -0.2) is 8.78 Å². The maximum absolute atomic E-state index is 12.9. The minimum absolute atomic E-state index is 0.0462. The summed E-state index contributed by atoms with van der Waals surface area (Å²) >= 11 is 0. The molecule has 20 heavy (non-hydrogen) atoms. The van der Waals surface area contributed by atoms with E-state index in [9.17, 15) is 23.7 Å². The van der Waals surface area contributed by atoms with E-state index in [0.717, 1.165) is 6.20 Å². The Bertz CT molecular complexity index is 584. The summed E-state index contributed by atoms with van der Waals surface area (Å²) in [6.07, 6.45) is -3.06. The number of nitrogens with zero attached hydrogens (tertiary/aromatic N) is 3. The zero-order valence-electron chi connectivity index (χ0n) is 10.3. The highest BCUT2D eigenvalue weighted by Crippen LogP contribution is 2.33. The van der Waals surface area contributed by atoms with Crippen LogP contribution in [0.4, 0.5) is 14.5 Å². The van der Waals surface area contributed by atoms with Gasteiger partial charge in [-0.05, 0) is 6.92 Å². The van der Waals surface area contributed by atoms with Crippen molar-refractivity contribution in [2.45, 2.75) is 19.8 Å². The van der Waals surface area contributed by atoms with E-state index in [1.807, 2.05) is 0 Å². The lowest BCUT2D eigenvalue weighted by molar-refractivity contribution is -0.387. The molecule has 0 aromatic carbocycles. The summed E-state index contributed by atoms with van der Waals surface area (Å²) in [5.41, 5.74) is -3.11. The molecule has 1 heterocycles. The lowest BCUT2D eigenvalue weighted by atomic mass is 10.1. The first-order chi connectivity index (χ1) is 9.42. The molecule has 9 heteroatoms. The predicted molar refractivity (Wildman–Crippen MR) is 60.9 cm³/mol. The number of nitriles is 1. The van der Waals surface area contributed by atoms with Crippen molar-refractivity contribution in [2.24, 2.45) is 0 Å². The standard InChI is InChI=1S/C11H9F2N3O4/c1-2-20-8(17)3-7-10(16(18)19)9(11(12)13)6(4-14)5-15-7/h5,11H,2-3H2,1H3. The maximum Gasteiger partial charge on any atom is 0.312 e. The number of ether oxygens (including phenoxy) is 1. The van der Waals surface area contributed by atoms with Crippen LogP contribution in [0.2, 0.25) is 0 Å². The normalized spacial score (nSPS) is 10.2. The monoisotopic (exact) mass is 285 g/mol. The van der Waals surface area contributed by atoms with E-state index < -0.39 is 46.2 Å². The van der Waals surface area contributed by atoms with Crippen LogP contribution < -0.4 is 0 Å².